The molecule has 1 heterocycles. The fourth-order valence-electron chi connectivity index (χ4n) is 1.91. The molecule has 1 unspecified atom stereocenters. The Labute approximate surface area is 133 Å². The molecule has 0 saturated heterocycles. The van der Waals surface area contributed by atoms with Gasteiger partial charge in [-0.3, -0.25) is 4.79 Å². The lowest BCUT2D eigenvalue weighted by Gasteiger charge is -2.11. The third-order valence-electron chi connectivity index (χ3n) is 3.13. The summed E-state index contributed by atoms with van der Waals surface area (Å²) in [5, 5.41) is 12.0. The number of pyridine rings is 1. The van der Waals surface area contributed by atoms with E-state index in [1.807, 2.05) is 0 Å². The van der Waals surface area contributed by atoms with Gasteiger partial charge in [-0.05, 0) is 42.7 Å². The van der Waals surface area contributed by atoms with Crippen LogP contribution in [0.5, 0.6) is 0 Å². The first-order valence-corrected chi connectivity index (χ1v) is 7.18. The molecule has 0 fully saturated rings. The van der Waals surface area contributed by atoms with Gasteiger partial charge >= 0.3 is 0 Å². The second-order valence-corrected chi connectivity index (χ2v) is 5.43. The summed E-state index contributed by atoms with van der Waals surface area (Å²) in [6, 6.07) is 7.33. The highest BCUT2D eigenvalue weighted by molar-refractivity contribution is 6.31. The van der Waals surface area contributed by atoms with Crippen molar-refractivity contribution in [1.82, 2.24) is 10.3 Å². The van der Waals surface area contributed by atoms with Crippen LogP contribution in [0, 0.1) is 5.82 Å². The Balaban J connectivity index is 2.19. The molecule has 2 aromatic rings. The van der Waals surface area contributed by atoms with Crippen LogP contribution >= 0.6 is 11.6 Å². The number of hydrogen-bond donors (Lipinski definition) is 2. The molecule has 1 aromatic carbocycles. The van der Waals surface area contributed by atoms with E-state index in [-0.39, 0.29) is 30.1 Å². The standard InChI is InChI=1S/C16H16ClFN2O2/c1-10(9-21)20-16(22)15-7-12(14(17)8-19-15)6-11-2-4-13(18)5-3-11/h2-5,7-8,10,21H,6,9H2,1H3,(H,20,22). The summed E-state index contributed by atoms with van der Waals surface area (Å²) in [6.45, 7) is 1.54. The maximum absolute atomic E-state index is 12.9. The first kappa shape index (κ1) is 16.4. The van der Waals surface area contributed by atoms with E-state index in [9.17, 15) is 9.18 Å². The number of carbonyl (C=O) groups is 1. The Hall–Kier alpha value is -1.98. The molecule has 0 aliphatic carbocycles. The monoisotopic (exact) mass is 322 g/mol. The zero-order chi connectivity index (χ0) is 16.1. The highest BCUT2D eigenvalue weighted by atomic mass is 35.5. The van der Waals surface area contributed by atoms with Crippen molar-refractivity contribution in [1.29, 1.82) is 0 Å². The normalized spacial score (nSPS) is 12.0. The number of halogens is 2. The first-order chi connectivity index (χ1) is 10.5. The molecule has 0 bridgehead atoms. The second-order valence-electron chi connectivity index (χ2n) is 5.02. The number of aliphatic hydroxyl groups is 1. The van der Waals surface area contributed by atoms with Crippen molar-refractivity contribution < 1.29 is 14.3 Å². The lowest BCUT2D eigenvalue weighted by Crippen LogP contribution is -2.35. The molecule has 22 heavy (non-hydrogen) atoms. The van der Waals surface area contributed by atoms with Crippen LogP contribution in [0.3, 0.4) is 0 Å². The number of hydrogen-bond acceptors (Lipinski definition) is 3. The summed E-state index contributed by atoms with van der Waals surface area (Å²) in [4.78, 5) is 16.0. The van der Waals surface area contributed by atoms with Crippen LogP contribution in [0.1, 0.15) is 28.5 Å². The quantitative estimate of drug-likeness (QED) is 0.889. The van der Waals surface area contributed by atoms with Crippen molar-refractivity contribution in [2.45, 2.75) is 19.4 Å². The number of rotatable bonds is 5. The average Bonchev–Trinajstić information content (AvgIpc) is 2.51. The summed E-state index contributed by atoms with van der Waals surface area (Å²) in [5.41, 5.74) is 1.83. The highest BCUT2D eigenvalue weighted by Gasteiger charge is 2.13. The highest BCUT2D eigenvalue weighted by Crippen LogP contribution is 2.20. The molecule has 0 spiro atoms. The Morgan fingerprint density at radius 1 is 1.41 bits per heavy atom. The molecule has 2 rings (SSSR count). The van der Waals surface area contributed by atoms with Crippen LogP contribution in [0.2, 0.25) is 5.02 Å². The molecule has 2 N–H and O–H groups in total. The average molecular weight is 323 g/mol. The molecule has 0 aliphatic heterocycles. The SMILES string of the molecule is CC(CO)NC(=O)c1cc(Cc2ccc(F)cc2)c(Cl)cn1. The summed E-state index contributed by atoms with van der Waals surface area (Å²) < 4.78 is 12.9. The van der Waals surface area contributed by atoms with Crippen molar-refractivity contribution in [2.24, 2.45) is 0 Å². The lowest BCUT2D eigenvalue weighted by molar-refractivity contribution is 0.0917. The molecular formula is C16H16ClFN2O2. The number of nitrogens with one attached hydrogen (secondary N) is 1. The Bertz CT molecular complexity index is 662. The smallest absolute Gasteiger partial charge is 0.270 e. The number of benzene rings is 1. The fraction of sp³-hybridized carbons (Fsp3) is 0.250. The van der Waals surface area contributed by atoms with E-state index in [2.05, 4.69) is 10.3 Å². The van der Waals surface area contributed by atoms with E-state index in [1.165, 1.54) is 18.3 Å². The summed E-state index contributed by atoms with van der Waals surface area (Å²) in [7, 11) is 0. The fourth-order valence-corrected chi connectivity index (χ4v) is 2.08. The van der Waals surface area contributed by atoms with Crippen LogP contribution in [-0.4, -0.2) is 28.6 Å². The number of aliphatic hydroxyl groups excluding tert-OH is 1. The molecular weight excluding hydrogens is 307 g/mol. The maximum atomic E-state index is 12.9. The van der Waals surface area contributed by atoms with Crippen molar-refractivity contribution in [3.05, 3.63) is 64.2 Å². The summed E-state index contributed by atoms with van der Waals surface area (Å²) in [5.74, 6) is -0.679. The van der Waals surface area contributed by atoms with Crippen LogP contribution in [0.25, 0.3) is 0 Å². The third-order valence-corrected chi connectivity index (χ3v) is 3.47. The number of carbonyl (C=O) groups excluding carboxylic acids is 1. The summed E-state index contributed by atoms with van der Waals surface area (Å²) in [6.07, 6.45) is 1.89. The number of nitrogens with zero attached hydrogens (tertiary/aromatic N) is 1. The van der Waals surface area contributed by atoms with Crippen molar-refractivity contribution in [2.75, 3.05) is 6.61 Å². The van der Waals surface area contributed by atoms with Gasteiger partial charge in [-0.15, -0.1) is 0 Å². The Morgan fingerprint density at radius 2 is 2.09 bits per heavy atom. The molecule has 1 amide bonds. The zero-order valence-corrected chi connectivity index (χ0v) is 12.8. The molecule has 116 valence electrons. The van der Waals surface area contributed by atoms with E-state index in [1.54, 1.807) is 25.1 Å². The third kappa shape index (κ3) is 4.26. The van der Waals surface area contributed by atoms with E-state index in [4.69, 9.17) is 16.7 Å². The minimum Gasteiger partial charge on any atom is -0.394 e. The molecule has 6 heteroatoms. The van der Waals surface area contributed by atoms with Gasteiger partial charge in [-0.2, -0.15) is 0 Å². The molecule has 0 saturated carbocycles. The van der Waals surface area contributed by atoms with Crippen LogP contribution in [0.4, 0.5) is 4.39 Å². The van der Waals surface area contributed by atoms with Gasteiger partial charge in [0.15, 0.2) is 0 Å². The largest absolute Gasteiger partial charge is 0.394 e. The van der Waals surface area contributed by atoms with E-state index in [0.29, 0.717) is 11.4 Å². The van der Waals surface area contributed by atoms with E-state index in [0.717, 1.165) is 11.1 Å². The van der Waals surface area contributed by atoms with E-state index >= 15 is 0 Å². The van der Waals surface area contributed by atoms with Crippen LogP contribution < -0.4 is 5.32 Å². The number of amides is 1. The predicted molar refractivity (Wildman–Crippen MR) is 82.5 cm³/mol. The first-order valence-electron chi connectivity index (χ1n) is 6.80. The minimum absolute atomic E-state index is 0.151. The van der Waals surface area contributed by atoms with E-state index < -0.39 is 0 Å². The van der Waals surface area contributed by atoms with Gasteiger partial charge in [0.25, 0.3) is 5.91 Å². The molecule has 1 aromatic heterocycles. The van der Waals surface area contributed by atoms with Gasteiger partial charge in [-0.1, -0.05) is 23.7 Å². The van der Waals surface area contributed by atoms with Crippen molar-refractivity contribution >= 4 is 17.5 Å². The van der Waals surface area contributed by atoms with Gasteiger partial charge < -0.3 is 10.4 Å². The zero-order valence-electron chi connectivity index (χ0n) is 12.0. The Kier molecular flexibility index (Phi) is 5.46. The van der Waals surface area contributed by atoms with Crippen LogP contribution in [-0.2, 0) is 6.42 Å². The van der Waals surface area contributed by atoms with Gasteiger partial charge in [0.1, 0.15) is 11.5 Å². The Morgan fingerprint density at radius 3 is 2.73 bits per heavy atom. The minimum atomic E-state index is -0.376. The molecule has 4 nitrogen and oxygen atoms in total. The van der Waals surface area contributed by atoms with Crippen molar-refractivity contribution in [3.8, 4) is 0 Å². The van der Waals surface area contributed by atoms with Gasteiger partial charge in [0, 0.05) is 12.2 Å². The molecule has 0 radical (unpaired) electrons. The van der Waals surface area contributed by atoms with Gasteiger partial charge in [0.2, 0.25) is 0 Å². The number of aromatic nitrogens is 1. The van der Waals surface area contributed by atoms with Gasteiger partial charge in [0.05, 0.1) is 11.6 Å². The maximum Gasteiger partial charge on any atom is 0.270 e. The second kappa shape index (κ2) is 7.33. The molecule has 0 aliphatic rings. The van der Waals surface area contributed by atoms with Crippen molar-refractivity contribution in [3.63, 3.8) is 0 Å². The predicted octanol–water partition coefficient (Wildman–Crippen LogP) is 2.58. The topological polar surface area (TPSA) is 62.2 Å². The van der Waals surface area contributed by atoms with Gasteiger partial charge in [-0.25, -0.2) is 9.37 Å². The summed E-state index contributed by atoms with van der Waals surface area (Å²) >= 11 is 6.11. The van der Waals surface area contributed by atoms with Crippen LogP contribution in [0.15, 0.2) is 36.5 Å². The lowest BCUT2D eigenvalue weighted by atomic mass is 10.0. The molecule has 1 atom stereocenters.